The van der Waals surface area contributed by atoms with Crippen molar-refractivity contribution in [1.29, 1.82) is 0 Å². The molecule has 0 radical (unpaired) electrons. The first-order chi connectivity index (χ1) is 10.2. The number of hydrogen-bond acceptors (Lipinski definition) is 3. The monoisotopic (exact) mass is 290 g/mol. The summed E-state index contributed by atoms with van der Waals surface area (Å²) in [5.74, 6) is 0.698. The van der Waals surface area contributed by atoms with Crippen LogP contribution in [-0.2, 0) is 0 Å². The summed E-state index contributed by atoms with van der Waals surface area (Å²) >= 11 is 0. The first kappa shape index (κ1) is 16.5. The van der Waals surface area contributed by atoms with E-state index in [9.17, 15) is 5.11 Å². The fraction of sp³-hybridized carbons (Fsp3) is 0.667. The van der Waals surface area contributed by atoms with Crippen LogP contribution in [0.15, 0.2) is 30.3 Å². The van der Waals surface area contributed by atoms with Crippen LogP contribution in [0.25, 0.3) is 0 Å². The van der Waals surface area contributed by atoms with Gasteiger partial charge in [0.05, 0.1) is 6.10 Å². The largest absolute Gasteiger partial charge is 0.393 e. The Morgan fingerprint density at radius 1 is 1.29 bits per heavy atom. The van der Waals surface area contributed by atoms with E-state index in [0.717, 1.165) is 38.9 Å². The van der Waals surface area contributed by atoms with Gasteiger partial charge in [0.25, 0.3) is 0 Å². The predicted octanol–water partition coefficient (Wildman–Crippen LogP) is 2.82. The van der Waals surface area contributed by atoms with E-state index in [-0.39, 0.29) is 6.10 Å². The molecule has 2 N–H and O–H groups in total. The van der Waals surface area contributed by atoms with Crippen LogP contribution in [-0.4, -0.2) is 42.8 Å². The summed E-state index contributed by atoms with van der Waals surface area (Å²) in [5.41, 5.74) is 1.39. The maximum atomic E-state index is 9.37. The lowest BCUT2D eigenvalue weighted by Crippen LogP contribution is -2.38. The van der Waals surface area contributed by atoms with Gasteiger partial charge in [-0.15, -0.1) is 0 Å². The molecule has 1 aliphatic rings. The van der Waals surface area contributed by atoms with Crippen molar-refractivity contribution >= 4 is 0 Å². The van der Waals surface area contributed by atoms with Gasteiger partial charge in [0.2, 0.25) is 0 Å². The molecule has 3 heteroatoms. The van der Waals surface area contributed by atoms with E-state index >= 15 is 0 Å². The molecule has 0 spiro atoms. The number of benzene rings is 1. The normalized spacial score (nSPS) is 23.0. The van der Waals surface area contributed by atoms with Crippen molar-refractivity contribution in [1.82, 2.24) is 10.2 Å². The van der Waals surface area contributed by atoms with Gasteiger partial charge in [0.15, 0.2) is 0 Å². The summed E-state index contributed by atoms with van der Waals surface area (Å²) < 4.78 is 0. The Morgan fingerprint density at radius 3 is 2.62 bits per heavy atom. The number of nitrogens with zero attached hydrogens (tertiary/aromatic N) is 1. The molecule has 0 saturated heterocycles. The summed E-state index contributed by atoms with van der Waals surface area (Å²) in [6, 6.07) is 11.2. The summed E-state index contributed by atoms with van der Waals surface area (Å²) in [6.07, 6.45) is 4.24. The second-order valence-corrected chi connectivity index (χ2v) is 6.46. The highest BCUT2D eigenvalue weighted by Crippen LogP contribution is 2.27. The number of nitrogens with one attached hydrogen (secondary N) is 1. The van der Waals surface area contributed by atoms with E-state index in [1.54, 1.807) is 0 Å². The first-order valence-corrected chi connectivity index (χ1v) is 8.34. The average Bonchev–Trinajstić information content (AvgIpc) is 2.47. The molecular weight excluding hydrogens is 260 g/mol. The van der Waals surface area contributed by atoms with E-state index in [1.165, 1.54) is 12.0 Å². The standard InChI is InChI=1S/C18H30N2O/c1-3-10-19-18(16-7-5-4-6-8-16)9-11-20(2)14-15-12-17(21)13-15/h4-8,15,17-19,21H,3,9-14H2,1-2H3. The molecule has 1 atom stereocenters. The zero-order valence-electron chi connectivity index (χ0n) is 13.5. The van der Waals surface area contributed by atoms with Gasteiger partial charge in [0.1, 0.15) is 0 Å². The van der Waals surface area contributed by atoms with Gasteiger partial charge in [0, 0.05) is 12.6 Å². The topological polar surface area (TPSA) is 35.5 Å². The van der Waals surface area contributed by atoms with Gasteiger partial charge in [-0.3, -0.25) is 0 Å². The molecule has 1 aliphatic carbocycles. The molecule has 2 rings (SSSR count). The molecule has 3 nitrogen and oxygen atoms in total. The Bertz CT molecular complexity index is 389. The smallest absolute Gasteiger partial charge is 0.0546 e. The van der Waals surface area contributed by atoms with Crippen molar-refractivity contribution in [2.75, 3.05) is 26.7 Å². The van der Waals surface area contributed by atoms with Gasteiger partial charge in [-0.25, -0.2) is 0 Å². The minimum Gasteiger partial charge on any atom is -0.393 e. The second kappa shape index (κ2) is 8.52. The zero-order chi connectivity index (χ0) is 15.1. The van der Waals surface area contributed by atoms with Crippen molar-refractivity contribution < 1.29 is 5.11 Å². The Hall–Kier alpha value is -0.900. The molecule has 0 bridgehead atoms. The van der Waals surface area contributed by atoms with Crippen LogP contribution >= 0.6 is 0 Å². The third-order valence-corrected chi connectivity index (χ3v) is 4.42. The van der Waals surface area contributed by atoms with Crippen LogP contribution in [0.2, 0.25) is 0 Å². The SMILES string of the molecule is CCCNC(CCN(C)CC1CC(O)C1)c1ccccc1. The molecule has 1 aromatic carbocycles. The van der Waals surface area contributed by atoms with Gasteiger partial charge < -0.3 is 15.3 Å². The van der Waals surface area contributed by atoms with E-state index in [1.807, 2.05) is 0 Å². The van der Waals surface area contributed by atoms with Crippen molar-refractivity contribution in [3.8, 4) is 0 Å². The molecule has 118 valence electrons. The molecule has 21 heavy (non-hydrogen) atoms. The summed E-state index contributed by atoms with van der Waals surface area (Å²) in [4.78, 5) is 2.42. The highest BCUT2D eigenvalue weighted by atomic mass is 16.3. The highest BCUT2D eigenvalue weighted by Gasteiger charge is 2.27. The number of aliphatic hydroxyl groups is 1. The predicted molar refractivity (Wildman–Crippen MR) is 88.3 cm³/mol. The summed E-state index contributed by atoms with van der Waals surface area (Å²) in [7, 11) is 2.20. The van der Waals surface area contributed by atoms with Gasteiger partial charge in [-0.1, -0.05) is 37.3 Å². The highest BCUT2D eigenvalue weighted by molar-refractivity contribution is 5.18. The van der Waals surface area contributed by atoms with Gasteiger partial charge >= 0.3 is 0 Å². The second-order valence-electron chi connectivity index (χ2n) is 6.46. The summed E-state index contributed by atoms with van der Waals surface area (Å²) in [6.45, 7) is 5.50. The lowest BCUT2D eigenvalue weighted by Gasteiger charge is -2.35. The third-order valence-electron chi connectivity index (χ3n) is 4.42. The maximum absolute atomic E-state index is 9.37. The van der Waals surface area contributed by atoms with Crippen molar-refractivity contribution in [2.24, 2.45) is 5.92 Å². The minimum absolute atomic E-state index is 0.0355. The Balaban J connectivity index is 1.78. The van der Waals surface area contributed by atoms with Crippen molar-refractivity contribution in [2.45, 2.75) is 44.8 Å². The first-order valence-electron chi connectivity index (χ1n) is 8.34. The lowest BCUT2D eigenvalue weighted by atomic mass is 9.82. The fourth-order valence-electron chi connectivity index (χ4n) is 3.12. The summed E-state index contributed by atoms with van der Waals surface area (Å²) in [5, 5.41) is 13.0. The zero-order valence-corrected chi connectivity index (χ0v) is 13.5. The lowest BCUT2D eigenvalue weighted by molar-refractivity contribution is 0.0279. The molecule has 0 amide bonds. The Labute approximate surface area is 129 Å². The maximum Gasteiger partial charge on any atom is 0.0546 e. The van der Waals surface area contributed by atoms with Crippen molar-refractivity contribution in [3.05, 3.63) is 35.9 Å². The van der Waals surface area contributed by atoms with Gasteiger partial charge in [-0.05, 0) is 57.3 Å². The molecule has 1 saturated carbocycles. The van der Waals surface area contributed by atoms with Crippen LogP contribution in [0.1, 0.15) is 44.2 Å². The average molecular weight is 290 g/mol. The Kier molecular flexibility index (Phi) is 6.68. The number of rotatable bonds is 9. The number of hydrogen-bond donors (Lipinski definition) is 2. The van der Waals surface area contributed by atoms with Crippen LogP contribution in [0.5, 0.6) is 0 Å². The fourth-order valence-corrected chi connectivity index (χ4v) is 3.12. The van der Waals surface area contributed by atoms with Crippen LogP contribution < -0.4 is 5.32 Å². The molecule has 1 unspecified atom stereocenters. The minimum atomic E-state index is -0.0355. The number of aliphatic hydroxyl groups excluding tert-OH is 1. The van der Waals surface area contributed by atoms with E-state index < -0.39 is 0 Å². The molecule has 0 aliphatic heterocycles. The van der Waals surface area contributed by atoms with Crippen LogP contribution in [0.3, 0.4) is 0 Å². The van der Waals surface area contributed by atoms with Crippen LogP contribution in [0, 0.1) is 5.92 Å². The third kappa shape index (κ3) is 5.42. The quantitative estimate of drug-likeness (QED) is 0.734. The van der Waals surface area contributed by atoms with Crippen molar-refractivity contribution in [3.63, 3.8) is 0 Å². The van der Waals surface area contributed by atoms with E-state index in [2.05, 4.69) is 54.5 Å². The van der Waals surface area contributed by atoms with Gasteiger partial charge in [-0.2, -0.15) is 0 Å². The van der Waals surface area contributed by atoms with E-state index in [0.29, 0.717) is 12.0 Å². The molecule has 1 aromatic rings. The molecular formula is C18H30N2O. The Morgan fingerprint density at radius 2 is 2.00 bits per heavy atom. The molecule has 0 aromatic heterocycles. The molecule has 0 heterocycles. The van der Waals surface area contributed by atoms with Crippen LogP contribution in [0.4, 0.5) is 0 Å². The van der Waals surface area contributed by atoms with E-state index in [4.69, 9.17) is 0 Å². The molecule has 1 fully saturated rings.